The van der Waals surface area contributed by atoms with Gasteiger partial charge in [0.2, 0.25) is 0 Å². The average molecular weight is 793 g/mol. The molecule has 3 heterocycles. The Kier molecular flexibility index (Phi) is 12.8. The van der Waals surface area contributed by atoms with Crippen LogP contribution in [0.15, 0.2) is 42.7 Å². The quantitative estimate of drug-likeness (QED) is 0.0559. The number of hydrogen-bond donors (Lipinski definition) is 7. The predicted molar refractivity (Wildman–Crippen MR) is 178 cm³/mol. The Balaban J connectivity index is 1.54. The molecule has 0 aliphatic rings. The van der Waals surface area contributed by atoms with Crippen LogP contribution in [0.25, 0.3) is 0 Å². The summed E-state index contributed by atoms with van der Waals surface area (Å²) in [7, 11) is -15.5. The van der Waals surface area contributed by atoms with Gasteiger partial charge >= 0.3 is 29.2 Å². The third-order valence-corrected chi connectivity index (χ3v) is 13.2. The summed E-state index contributed by atoms with van der Waals surface area (Å²) in [5.41, 5.74) is 7.92. The van der Waals surface area contributed by atoms with Crippen LogP contribution in [0.5, 0.6) is 0 Å². The summed E-state index contributed by atoms with van der Waals surface area (Å²) in [6.45, 7) is 3.21. The van der Waals surface area contributed by atoms with E-state index in [4.69, 9.17) is 20.0 Å². The molecular formula is C27H37N7O13P3S+. The fraction of sp³-hybridized carbons (Fsp3) is 0.407. The molecule has 4 rings (SSSR count). The van der Waals surface area contributed by atoms with Crippen LogP contribution in [0.4, 0.5) is 5.82 Å². The van der Waals surface area contributed by atoms with Gasteiger partial charge in [-0.25, -0.2) is 28.6 Å². The maximum atomic E-state index is 13.7. The second-order valence-electron chi connectivity index (χ2n) is 11.3. The van der Waals surface area contributed by atoms with E-state index in [0.717, 1.165) is 23.8 Å². The number of carboxylic acids is 1. The van der Waals surface area contributed by atoms with Crippen molar-refractivity contribution in [1.82, 2.24) is 25.0 Å². The van der Waals surface area contributed by atoms with E-state index in [-0.39, 0.29) is 42.3 Å². The van der Waals surface area contributed by atoms with Crippen molar-refractivity contribution >= 4 is 46.4 Å². The minimum absolute atomic E-state index is 0.0699. The van der Waals surface area contributed by atoms with Gasteiger partial charge in [-0.1, -0.05) is 46.9 Å². The van der Waals surface area contributed by atoms with Gasteiger partial charge in [-0.2, -0.15) is 8.88 Å². The lowest BCUT2D eigenvalue weighted by atomic mass is 10.1. The van der Waals surface area contributed by atoms with Crippen molar-refractivity contribution in [2.45, 2.75) is 58.0 Å². The van der Waals surface area contributed by atoms with Crippen molar-refractivity contribution in [2.24, 2.45) is 0 Å². The first kappa shape index (κ1) is 40.5. The van der Waals surface area contributed by atoms with Gasteiger partial charge in [-0.15, -0.1) is 5.10 Å². The Labute approximate surface area is 294 Å². The van der Waals surface area contributed by atoms with Crippen molar-refractivity contribution in [3.8, 4) is 0 Å². The second-order valence-corrected chi connectivity index (χ2v) is 17.4. The molecule has 0 aliphatic heterocycles. The van der Waals surface area contributed by atoms with E-state index < -0.39 is 53.8 Å². The van der Waals surface area contributed by atoms with Crippen LogP contribution in [0.3, 0.4) is 0 Å². The maximum Gasteiger partial charge on any atom is 0.481 e. The van der Waals surface area contributed by atoms with Gasteiger partial charge in [0.05, 0.1) is 29.3 Å². The van der Waals surface area contributed by atoms with Gasteiger partial charge in [0.25, 0.3) is 10.3 Å². The lowest BCUT2D eigenvalue weighted by Crippen LogP contribution is -2.45. The topological polar surface area (TPSA) is 304 Å². The first-order valence-electron chi connectivity index (χ1n) is 14.9. The number of aliphatic carboxylic acids is 1. The molecule has 4 atom stereocenters. The van der Waals surface area contributed by atoms with E-state index in [1.54, 1.807) is 44.2 Å². The number of aryl methyl sites for hydroxylation is 1. The Bertz CT molecular complexity index is 2000. The Morgan fingerprint density at radius 1 is 1.08 bits per heavy atom. The smallest absolute Gasteiger partial charge is 0.480 e. The summed E-state index contributed by atoms with van der Waals surface area (Å²) in [6, 6.07) is 7.87. The van der Waals surface area contributed by atoms with Crippen molar-refractivity contribution in [2.75, 3.05) is 18.9 Å². The summed E-state index contributed by atoms with van der Waals surface area (Å²) in [5.74, 6) is -0.633. The number of carbonyl (C=O) groups is 1. The van der Waals surface area contributed by atoms with E-state index in [1.807, 2.05) is 0 Å². The van der Waals surface area contributed by atoms with Gasteiger partial charge < -0.3 is 40.0 Å². The lowest BCUT2D eigenvalue weighted by Gasteiger charge is -2.24. The number of hydrogen-bond acceptors (Lipinski definition) is 14. The van der Waals surface area contributed by atoms with Gasteiger partial charge in [0.15, 0.2) is 18.3 Å². The fourth-order valence-electron chi connectivity index (χ4n) is 4.77. The Hall–Kier alpha value is -3.29. The molecule has 24 heteroatoms. The van der Waals surface area contributed by atoms with Crippen molar-refractivity contribution in [1.29, 1.82) is 0 Å². The first-order chi connectivity index (χ1) is 23.7. The SMILES string of the molecule is Cc1ncc(C[n+]2c([C@@](C)(O)P(=O)(O)OCCc3cn([C@H](Cc4ccccc4)C(=O)O)nn3)sc(CCOP(=O)(O)OP(=O)(O)O)c2C)c(N)n1. The standard InChI is InChI=1S/C27H36N7O13P3S/c1-17-23(10-12-46-50(43,44)47-49(40,41)42)51-26(33(17)15-20-14-29-18(2)30-24(20)28)27(3,37)48(38,39)45-11-9-21-16-34(32-31-21)22(25(35)36)13-19-7-5-4-6-8-19/h4-8,14,16,22,37H,9-13,15H2,1-3H3,(H6-,28,29,30,35,36,38,39,40,41,42,43,44)/p+1/t22-,27+/m1/s1. The molecule has 0 saturated carbocycles. The molecule has 4 aromatic rings. The van der Waals surface area contributed by atoms with E-state index in [0.29, 0.717) is 22.0 Å². The summed E-state index contributed by atoms with van der Waals surface area (Å²) >= 11 is 0.844. The Morgan fingerprint density at radius 2 is 1.75 bits per heavy atom. The number of thiazole rings is 1. The molecule has 0 saturated heterocycles. The third kappa shape index (κ3) is 10.6. The van der Waals surface area contributed by atoms with Crippen LogP contribution in [-0.4, -0.2) is 73.9 Å². The van der Waals surface area contributed by atoms with E-state index in [2.05, 4.69) is 29.1 Å². The summed E-state index contributed by atoms with van der Waals surface area (Å²) < 4.78 is 53.1. The highest BCUT2D eigenvalue weighted by Crippen LogP contribution is 2.60. The van der Waals surface area contributed by atoms with Gasteiger partial charge in [-0.3, -0.25) is 9.09 Å². The van der Waals surface area contributed by atoms with E-state index >= 15 is 0 Å². The van der Waals surface area contributed by atoms with Gasteiger partial charge in [-0.05, 0) is 19.4 Å². The number of benzene rings is 1. The van der Waals surface area contributed by atoms with Crippen molar-refractivity contribution in [3.63, 3.8) is 0 Å². The largest absolute Gasteiger partial charge is 0.481 e. The molecule has 0 fully saturated rings. The number of rotatable bonds is 18. The highest BCUT2D eigenvalue weighted by molar-refractivity contribution is 7.60. The van der Waals surface area contributed by atoms with Crippen LogP contribution in [0.2, 0.25) is 0 Å². The number of aliphatic hydroxyl groups is 1. The zero-order chi connectivity index (χ0) is 37.8. The molecule has 8 N–H and O–H groups in total. The predicted octanol–water partition coefficient (Wildman–Crippen LogP) is 1.91. The molecule has 0 aliphatic carbocycles. The molecule has 0 bridgehead atoms. The molecule has 0 amide bonds. The molecule has 1 aromatic carbocycles. The molecule has 2 unspecified atom stereocenters. The molecular weight excluding hydrogens is 755 g/mol. The lowest BCUT2D eigenvalue weighted by molar-refractivity contribution is -0.701. The highest BCUT2D eigenvalue weighted by Gasteiger charge is 2.53. The van der Waals surface area contributed by atoms with Crippen LogP contribution < -0.4 is 10.3 Å². The second kappa shape index (κ2) is 16.2. The number of nitrogens with two attached hydrogens (primary N) is 1. The molecule has 3 aromatic heterocycles. The minimum Gasteiger partial charge on any atom is -0.480 e. The first-order valence-corrected chi connectivity index (χ1v) is 20.3. The van der Waals surface area contributed by atoms with Crippen molar-refractivity contribution in [3.05, 3.63) is 80.9 Å². The number of nitrogens with zero attached hydrogens (tertiary/aromatic N) is 6. The maximum absolute atomic E-state index is 13.7. The normalized spacial score (nSPS) is 16.2. The van der Waals surface area contributed by atoms with Crippen molar-refractivity contribution < 1.29 is 66.2 Å². The number of aromatic nitrogens is 6. The van der Waals surface area contributed by atoms with Crippen LogP contribution in [0, 0.1) is 13.8 Å². The highest BCUT2D eigenvalue weighted by atomic mass is 32.1. The molecule has 278 valence electrons. The number of phosphoric acid groups is 2. The Morgan fingerprint density at radius 3 is 2.37 bits per heavy atom. The number of phosphoric ester groups is 1. The van der Waals surface area contributed by atoms with E-state index in [9.17, 15) is 38.5 Å². The van der Waals surface area contributed by atoms with Crippen LogP contribution in [-0.2, 0) is 63.0 Å². The molecule has 51 heavy (non-hydrogen) atoms. The van der Waals surface area contributed by atoms with Crippen LogP contribution >= 0.6 is 34.6 Å². The average Bonchev–Trinajstić information content (AvgIpc) is 3.60. The van der Waals surface area contributed by atoms with Gasteiger partial charge in [0, 0.05) is 38.6 Å². The van der Waals surface area contributed by atoms with Crippen LogP contribution in [0.1, 0.15) is 51.2 Å². The summed E-state index contributed by atoms with van der Waals surface area (Å²) in [5, 5.41) is 26.7. The zero-order valence-electron chi connectivity index (χ0n) is 27.4. The third-order valence-electron chi connectivity index (χ3n) is 7.43. The number of anilines is 1. The minimum atomic E-state index is -5.35. The van der Waals surface area contributed by atoms with Gasteiger partial charge in [0.1, 0.15) is 11.6 Å². The molecule has 20 nitrogen and oxygen atoms in total. The fourth-order valence-corrected chi connectivity index (χ4v) is 8.97. The number of carboxylic acid groups (broad SMARTS) is 1. The monoisotopic (exact) mass is 792 g/mol. The zero-order valence-corrected chi connectivity index (χ0v) is 30.9. The summed E-state index contributed by atoms with van der Waals surface area (Å²) in [6.07, 6.45) is 2.75. The molecule has 0 spiro atoms. The van der Waals surface area contributed by atoms with E-state index in [1.165, 1.54) is 21.6 Å². The summed E-state index contributed by atoms with van der Waals surface area (Å²) in [4.78, 5) is 59.1. The number of nitrogen functional groups attached to an aromatic ring is 1. The molecule has 0 radical (unpaired) electrons.